The molecular weight excluding hydrogens is 241 g/mol. The van der Waals surface area contributed by atoms with E-state index in [0.717, 1.165) is 25.2 Å². The summed E-state index contributed by atoms with van der Waals surface area (Å²) in [6.45, 7) is 1.84. The molecule has 3 unspecified atom stereocenters. The zero-order chi connectivity index (χ0) is 13.4. The van der Waals surface area contributed by atoms with Crippen LogP contribution in [0.25, 0.3) is 0 Å². The Morgan fingerprint density at radius 1 is 1.32 bits per heavy atom. The Kier molecular flexibility index (Phi) is 3.16. The van der Waals surface area contributed by atoms with Gasteiger partial charge in [0.15, 0.2) is 0 Å². The third-order valence-corrected chi connectivity index (χ3v) is 4.57. The molecule has 1 aliphatic heterocycles. The molecule has 0 bridgehead atoms. The number of fused-ring (bicyclic) bond motifs is 1. The van der Waals surface area contributed by atoms with Gasteiger partial charge in [0, 0.05) is 19.1 Å². The molecule has 0 radical (unpaired) electrons. The first-order valence-corrected chi connectivity index (χ1v) is 6.89. The molecule has 1 saturated heterocycles. The van der Waals surface area contributed by atoms with Gasteiger partial charge in [-0.05, 0) is 42.9 Å². The molecule has 1 aliphatic carbocycles. The largest absolute Gasteiger partial charge is 0.370 e. The molecule has 3 nitrogen and oxygen atoms in total. The quantitative estimate of drug-likeness (QED) is 0.841. The molecule has 2 N–H and O–H groups in total. The first kappa shape index (κ1) is 12.4. The second-order valence-corrected chi connectivity index (χ2v) is 5.70. The Hall–Kier alpha value is -1.60. The highest BCUT2D eigenvalue weighted by molar-refractivity contribution is 5.60. The lowest BCUT2D eigenvalue weighted by molar-refractivity contribution is 0.260. The standard InChI is InChI=1S/C15H18FN3/c16-12-4-5-15(11(6-12)7-17)19-8-10-2-1-3-14(18)13(10)9-19/h4-6,10,13-14H,1-3,8-9,18H2. The van der Waals surface area contributed by atoms with Crippen molar-refractivity contribution in [3.8, 4) is 6.07 Å². The maximum Gasteiger partial charge on any atom is 0.124 e. The summed E-state index contributed by atoms with van der Waals surface area (Å²) in [4.78, 5) is 2.21. The van der Waals surface area contributed by atoms with Crippen LogP contribution in [0.4, 0.5) is 10.1 Å². The minimum absolute atomic E-state index is 0.273. The average molecular weight is 259 g/mol. The van der Waals surface area contributed by atoms with Crippen LogP contribution in [-0.4, -0.2) is 19.1 Å². The van der Waals surface area contributed by atoms with E-state index in [1.807, 2.05) is 0 Å². The van der Waals surface area contributed by atoms with Crippen molar-refractivity contribution in [2.45, 2.75) is 25.3 Å². The summed E-state index contributed by atoms with van der Waals surface area (Å²) >= 11 is 0. The maximum absolute atomic E-state index is 13.2. The fourth-order valence-corrected chi connectivity index (χ4v) is 3.59. The van der Waals surface area contributed by atoms with E-state index in [9.17, 15) is 4.39 Å². The number of hydrogen-bond donors (Lipinski definition) is 1. The van der Waals surface area contributed by atoms with Crippen molar-refractivity contribution in [3.05, 3.63) is 29.6 Å². The average Bonchev–Trinajstić information content (AvgIpc) is 2.83. The summed E-state index contributed by atoms with van der Waals surface area (Å²) in [7, 11) is 0. The number of benzene rings is 1. The lowest BCUT2D eigenvalue weighted by atomic mass is 9.78. The summed E-state index contributed by atoms with van der Waals surface area (Å²) in [5.74, 6) is 0.791. The third-order valence-electron chi connectivity index (χ3n) is 4.57. The van der Waals surface area contributed by atoms with Gasteiger partial charge in [-0.25, -0.2) is 4.39 Å². The monoisotopic (exact) mass is 259 g/mol. The van der Waals surface area contributed by atoms with Crippen molar-refractivity contribution in [3.63, 3.8) is 0 Å². The van der Waals surface area contributed by atoms with Crippen molar-refractivity contribution in [2.24, 2.45) is 17.6 Å². The SMILES string of the molecule is N#Cc1cc(F)ccc1N1CC2CCCC(N)C2C1. The van der Waals surface area contributed by atoms with E-state index in [1.165, 1.54) is 25.0 Å². The fraction of sp³-hybridized carbons (Fsp3) is 0.533. The van der Waals surface area contributed by atoms with Crippen LogP contribution in [0.15, 0.2) is 18.2 Å². The Morgan fingerprint density at radius 2 is 2.16 bits per heavy atom. The van der Waals surface area contributed by atoms with Gasteiger partial charge in [0.25, 0.3) is 0 Å². The minimum atomic E-state index is -0.353. The molecule has 1 aromatic carbocycles. The van der Waals surface area contributed by atoms with E-state index in [4.69, 9.17) is 11.0 Å². The Balaban J connectivity index is 1.87. The molecule has 0 aromatic heterocycles. The topological polar surface area (TPSA) is 53.0 Å². The molecule has 3 atom stereocenters. The number of nitrogens with zero attached hydrogens (tertiary/aromatic N) is 2. The molecule has 0 spiro atoms. The molecule has 1 aromatic rings. The molecule has 1 heterocycles. The van der Waals surface area contributed by atoms with E-state index in [0.29, 0.717) is 17.4 Å². The van der Waals surface area contributed by atoms with E-state index >= 15 is 0 Å². The first-order chi connectivity index (χ1) is 9.19. The van der Waals surface area contributed by atoms with Crippen molar-refractivity contribution in [2.75, 3.05) is 18.0 Å². The lowest BCUT2D eigenvalue weighted by Crippen LogP contribution is -2.38. The highest BCUT2D eigenvalue weighted by Crippen LogP contribution is 2.38. The number of halogens is 1. The summed E-state index contributed by atoms with van der Waals surface area (Å²) in [6, 6.07) is 6.83. The van der Waals surface area contributed by atoms with Crippen LogP contribution in [0.3, 0.4) is 0 Å². The number of anilines is 1. The normalized spacial score (nSPS) is 29.9. The van der Waals surface area contributed by atoms with E-state index < -0.39 is 0 Å². The molecule has 19 heavy (non-hydrogen) atoms. The Labute approximate surface area is 112 Å². The molecule has 4 heteroatoms. The minimum Gasteiger partial charge on any atom is -0.370 e. The van der Waals surface area contributed by atoms with Gasteiger partial charge in [0.2, 0.25) is 0 Å². The number of nitriles is 1. The Morgan fingerprint density at radius 3 is 2.89 bits per heavy atom. The van der Waals surface area contributed by atoms with Gasteiger partial charge >= 0.3 is 0 Å². The van der Waals surface area contributed by atoms with Gasteiger partial charge in [-0.15, -0.1) is 0 Å². The molecule has 2 aliphatic rings. The zero-order valence-corrected chi connectivity index (χ0v) is 10.8. The molecule has 1 saturated carbocycles. The van der Waals surface area contributed by atoms with Gasteiger partial charge in [-0.2, -0.15) is 5.26 Å². The Bertz CT molecular complexity index is 523. The van der Waals surface area contributed by atoms with Gasteiger partial charge in [-0.3, -0.25) is 0 Å². The summed E-state index contributed by atoms with van der Waals surface area (Å²) in [5, 5.41) is 9.15. The zero-order valence-electron chi connectivity index (χ0n) is 10.8. The lowest BCUT2D eigenvalue weighted by Gasteiger charge is -2.29. The molecule has 100 valence electrons. The van der Waals surface area contributed by atoms with Gasteiger partial charge in [0.1, 0.15) is 11.9 Å². The van der Waals surface area contributed by atoms with Crippen molar-refractivity contribution in [1.82, 2.24) is 0 Å². The summed E-state index contributed by atoms with van der Waals surface area (Å²) in [6.07, 6.45) is 3.52. The van der Waals surface area contributed by atoms with Gasteiger partial charge < -0.3 is 10.6 Å². The summed E-state index contributed by atoms with van der Waals surface area (Å²) in [5.41, 5.74) is 7.48. The van der Waals surface area contributed by atoms with E-state index in [-0.39, 0.29) is 11.9 Å². The van der Waals surface area contributed by atoms with Gasteiger partial charge in [0.05, 0.1) is 11.3 Å². The first-order valence-electron chi connectivity index (χ1n) is 6.89. The van der Waals surface area contributed by atoms with E-state index in [1.54, 1.807) is 6.07 Å². The van der Waals surface area contributed by atoms with Crippen LogP contribution in [0.5, 0.6) is 0 Å². The highest BCUT2D eigenvalue weighted by atomic mass is 19.1. The van der Waals surface area contributed by atoms with Crippen LogP contribution in [0.1, 0.15) is 24.8 Å². The van der Waals surface area contributed by atoms with Crippen molar-refractivity contribution >= 4 is 5.69 Å². The number of hydrogen-bond acceptors (Lipinski definition) is 3. The number of rotatable bonds is 1. The van der Waals surface area contributed by atoms with Crippen LogP contribution >= 0.6 is 0 Å². The van der Waals surface area contributed by atoms with Crippen LogP contribution in [-0.2, 0) is 0 Å². The smallest absolute Gasteiger partial charge is 0.124 e. The van der Waals surface area contributed by atoms with Gasteiger partial charge in [-0.1, -0.05) is 6.42 Å². The fourth-order valence-electron chi connectivity index (χ4n) is 3.59. The molecule has 3 rings (SSSR count). The predicted molar refractivity (Wildman–Crippen MR) is 72.1 cm³/mol. The number of nitrogens with two attached hydrogens (primary N) is 1. The highest BCUT2D eigenvalue weighted by Gasteiger charge is 2.39. The second-order valence-electron chi connectivity index (χ2n) is 5.70. The van der Waals surface area contributed by atoms with E-state index in [2.05, 4.69) is 11.0 Å². The maximum atomic E-state index is 13.2. The van der Waals surface area contributed by atoms with Crippen LogP contribution in [0.2, 0.25) is 0 Å². The molecule has 2 fully saturated rings. The third kappa shape index (κ3) is 2.19. The van der Waals surface area contributed by atoms with Crippen molar-refractivity contribution < 1.29 is 4.39 Å². The molecular formula is C15H18FN3. The predicted octanol–water partition coefficient (Wildman–Crippen LogP) is 2.26. The summed E-state index contributed by atoms with van der Waals surface area (Å²) < 4.78 is 13.2. The van der Waals surface area contributed by atoms with Crippen LogP contribution in [0, 0.1) is 29.0 Å². The van der Waals surface area contributed by atoms with Crippen molar-refractivity contribution in [1.29, 1.82) is 5.26 Å². The second kappa shape index (κ2) is 4.82. The molecule has 0 amide bonds. The van der Waals surface area contributed by atoms with Crippen LogP contribution < -0.4 is 10.6 Å².